The van der Waals surface area contributed by atoms with Crippen LogP contribution in [0.15, 0.2) is 11.0 Å². The maximum absolute atomic E-state index is 11.5. The summed E-state index contributed by atoms with van der Waals surface area (Å²) in [6.45, 7) is 12.2. The molecule has 0 amide bonds. The van der Waals surface area contributed by atoms with E-state index in [-0.39, 0.29) is 10.5 Å². The molecule has 0 spiro atoms. The third-order valence-corrected chi connectivity index (χ3v) is 4.55. The van der Waals surface area contributed by atoms with Gasteiger partial charge in [-0.25, -0.2) is 8.42 Å². The molecule has 0 fully saturated rings. The molecule has 1 aromatic rings. The average molecular weight is 335 g/mol. The lowest BCUT2D eigenvalue weighted by Gasteiger charge is -2.21. The predicted molar refractivity (Wildman–Crippen MR) is 84.9 cm³/mol. The zero-order chi connectivity index (χ0) is 16.4. The van der Waals surface area contributed by atoms with E-state index in [2.05, 4.69) is 0 Å². The minimum atomic E-state index is -3.75. The van der Waals surface area contributed by atoms with Crippen LogP contribution >= 0.6 is 10.7 Å². The number of halogens is 1. The molecule has 6 heteroatoms. The molecule has 0 aromatic heterocycles. The molecule has 1 rings (SSSR count). The number of aryl methyl sites for hydroxylation is 1. The van der Waals surface area contributed by atoms with Gasteiger partial charge in [-0.05, 0) is 64.3 Å². The molecule has 0 bridgehead atoms. The van der Waals surface area contributed by atoms with Gasteiger partial charge >= 0.3 is 0 Å². The average Bonchev–Trinajstić information content (AvgIpc) is 2.30. The van der Waals surface area contributed by atoms with Crippen molar-refractivity contribution in [3.8, 4) is 5.75 Å². The van der Waals surface area contributed by atoms with Crippen LogP contribution in [-0.2, 0) is 13.8 Å². The van der Waals surface area contributed by atoms with Crippen LogP contribution in [0.5, 0.6) is 5.75 Å². The normalized spacial score (nSPS) is 12.5. The highest BCUT2D eigenvalue weighted by Gasteiger charge is 2.19. The van der Waals surface area contributed by atoms with Crippen molar-refractivity contribution in [3.63, 3.8) is 0 Å². The number of hydrogen-bond donors (Lipinski definition) is 0. The van der Waals surface area contributed by atoms with Crippen LogP contribution in [0.1, 0.15) is 37.5 Å². The molecule has 0 heterocycles. The summed E-state index contributed by atoms with van der Waals surface area (Å²) in [6, 6.07) is 1.55. The lowest BCUT2D eigenvalue weighted by Crippen LogP contribution is -2.22. The summed E-state index contributed by atoms with van der Waals surface area (Å²) < 4.78 is 34.4. The molecule has 21 heavy (non-hydrogen) atoms. The van der Waals surface area contributed by atoms with Crippen molar-refractivity contribution in [3.05, 3.63) is 22.8 Å². The van der Waals surface area contributed by atoms with E-state index < -0.39 is 9.05 Å². The van der Waals surface area contributed by atoms with Crippen LogP contribution in [0.3, 0.4) is 0 Å². The first-order valence-electron chi connectivity index (χ1n) is 6.75. The zero-order valence-corrected chi connectivity index (χ0v) is 15.0. The van der Waals surface area contributed by atoms with Crippen LogP contribution in [0.25, 0.3) is 0 Å². The molecule has 0 radical (unpaired) electrons. The van der Waals surface area contributed by atoms with Crippen LogP contribution in [-0.4, -0.2) is 27.2 Å². The molecule has 0 N–H and O–H groups in total. The van der Waals surface area contributed by atoms with Crippen molar-refractivity contribution in [1.82, 2.24) is 0 Å². The van der Waals surface area contributed by atoms with E-state index in [4.69, 9.17) is 20.2 Å². The van der Waals surface area contributed by atoms with E-state index in [1.807, 2.05) is 27.7 Å². The zero-order valence-electron chi connectivity index (χ0n) is 13.4. The maximum atomic E-state index is 11.5. The van der Waals surface area contributed by atoms with Crippen molar-refractivity contribution in [1.29, 1.82) is 0 Å². The smallest absolute Gasteiger partial charge is 0.261 e. The molecule has 0 unspecified atom stereocenters. The number of benzene rings is 1. The maximum Gasteiger partial charge on any atom is 0.261 e. The highest BCUT2D eigenvalue weighted by Crippen LogP contribution is 2.32. The summed E-state index contributed by atoms with van der Waals surface area (Å²) in [4.78, 5) is 0.137. The Kier molecular flexibility index (Phi) is 5.69. The Morgan fingerprint density at radius 2 is 1.67 bits per heavy atom. The highest BCUT2D eigenvalue weighted by atomic mass is 35.7. The van der Waals surface area contributed by atoms with Crippen LogP contribution in [0.2, 0.25) is 0 Å². The van der Waals surface area contributed by atoms with Crippen molar-refractivity contribution in [2.75, 3.05) is 13.2 Å². The quantitative estimate of drug-likeness (QED) is 0.608. The third kappa shape index (κ3) is 5.16. The molecule has 0 aliphatic rings. The fraction of sp³-hybridized carbons (Fsp3) is 0.600. The summed E-state index contributed by atoms with van der Waals surface area (Å²) in [7, 11) is 1.70. The molecule has 120 valence electrons. The first-order chi connectivity index (χ1) is 9.43. The lowest BCUT2D eigenvalue weighted by molar-refractivity contribution is -0.0164. The van der Waals surface area contributed by atoms with E-state index in [0.717, 1.165) is 11.1 Å². The van der Waals surface area contributed by atoms with Crippen LogP contribution in [0.4, 0.5) is 0 Å². The Morgan fingerprint density at radius 3 is 2.14 bits per heavy atom. The minimum Gasteiger partial charge on any atom is -0.491 e. The first kappa shape index (κ1) is 18.3. The molecule has 0 aliphatic heterocycles. The standard InChI is InChI=1S/C15H23ClO4S/c1-10-9-13(21(16,17)18)11(2)12(3)14(10)19-7-8-20-15(4,5)6/h9H,7-8H2,1-6H3. The fourth-order valence-corrected chi connectivity index (χ4v) is 3.31. The van der Waals surface area contributed by atoms with Gasteiger partial charge in [0.2, 0.25) is 0 Å². The number of hydrogen-bond acceptors (Lipinski definition) is 4. The predicted octanol–water partition coefficient (Wildman–Crippen LogP) is 3.73. The summed E-state index contributed by atoms with van der Waals surface area (Å²) in [5.41, 5.74) is 1.93. The van der Waals surface area contributed by atoms with Gasteiger partial charge in [-0.2, -0.15) is 0 Å². The molecule has 0 atom stereocenters. The molecule has 0 aliphatic carbocycles. The van der Waals surface area contributed by atoms with E-state index in [0.29, 0.717) is 24.5 Å². The van der Waals surface area contributed by atoms with Gasteiger partial charge in [0.15, 0.2) is 0 Å². The second-order valence-corrected chi connectivity index (χ2v) is 8.55. The molecular formula is C15H23ClO4S. The van der Waals surface area contributed by atoms with Gasteiger partial charge in [-0.3, -0.25) is 0 Å². The third-order valence-electron chi connectivity index (χ3n) is 3.11. The van der Waals surface area contributed by atoms with Crippen molar-refractivity contribution < 1.29 is 17.9 Å². The van der Waals surface area contributed by atoms with Crippen molar-refractivity contribution in [2.24, 2.45) is 0 Å². The van der Waals surface area contributed by atoms with Gasteiger partial charge in [0, 0.05) is 10.7 Å². The van der Waals surface area contributed by atoms with E-state index in [9.17, 15) is 8.42 Å². The Balaban J connectivity index is 2.93. The SMILES string of the molecule is Cc1cc(S(=O)(=O)Cl)c(C)c(C)c1OCCOC(C)(C)C. The molecular weight excluding hydrogens is 312 g/mol. The minimum absolute atomic E-state index is 0.137. The molecule has 0 saturated carbocycles. The summed E-state index contributed by atoms with van der Waals surface area (Å²) in [5, 5.41) is 0. The fourth-order valence-electron chi connectivity index (χ4n) is 1.99. The molecule has 4 nitrogen and oxygen atoms in total. The van der Waals surface area contributed by atoms with Gasteiger partial charge in [0.1, 0.15) is 12.4 Å². The van der Waals surface area contributed by atoms with E-state index >= 15 is 0 Å². The monoisotopic (exact) mass is 334 g/mol. The second-order valence-electron chi connectivity index (χ2n) is 6.02. The van der Waals surface area contributed by atoms with Gasteiger partial charge in [-0.15, -0.1) is 0 Å². The van der Waals surface area contributed by atoms with Gasteiger partial charge in [-0.1, -0.05) is 0 Å². The summed E-state index contributed by atoms with van der Waals surface area (Å²) >= 11 is 0. The highest BCUT2D eigenvalue weighted by molar-refractivity contribution is 8.13. The Labute approximate surface area is 131 Å². The Hall–Kier alpha value is -0.780. The van der Waals surface area contributed by atoms with Gasteiger partial charge in [0.25, 0.3) is 9.05 Å². The lowest BCUT2D eigenvalue weighted by atomic mass is 10.1. The summed E-state index contributed by atoms with van der Waals surface area (Å²) in [5.74, 6) is 0.689. The van der Waals surface area contributed by atoms with Gasteiger partial charge < -0.3 is 9.47 Å². The molecule has 1 aromatic carbocycles. The molecule has 0 saturated heterocycles. The van der Waals surface area contributed by atoms with Crippen LogP contribution in [0, 0.1) is 20.8 Å². The van der Waals surface area contributed by atoms with E-state index in [1.165, 1.54) is 0 Å². The Bertz CT molecular complexity index is 616. The van der Waals surface area contributed by atoms with Crippen molar-refractivity contribution >= 4 is 19.7 Å². The number of ether oxygens (including phenoxy) is 2. The van der Waals surface area contributed by atoms with Crippen molar-refractivity contribution in [2.45, 2.75) is 52.0 Å². The van der Waals surface area contributed by atoms with E-state index in [1.54, 1.807) is 19.9 Å². The Morgan fingerprint density at radius 1 is 1.10 bits per heavy atom. The number of rotatable bonds is 5. The summed E-state index contributed by atoms with van der Waals surface area (Å²) in [6.07, 6.45) is 0. The van der Waals surface area contributed by atoms with Gasteiger partial charge in [0.05, 0.1) is 17.1 Å². The largest absolute Gasteiger partial charge is 0.491 e. The first-order valence-corrected chi connectivity index (χ1v) is 9.06. The topological polar surface area (TPSA) is 52.6 Å². The second kappa shape index (κ2) is 6.55. The van der Waals surface area contributed by atoms with Crippen LogP contribution < -0.4 is 4.74 Å².